The molecule has 24 heavy (non-hydrogen) atoms. The first-order valence-corrected chi connectivity index (χ1v) is 9.68. The topological polar surface area (TPSA) is 45.2 Å². The van der Waals surface area contributed by atoms with Gasteiger partial charge in [-0.05, 0) is 37.0 Å². The molecule has 1 aliphatic heterocycles. The number of amides is 1. The lowest BCUT2D eigenvalue weighted by molar-refractivity contribution is -0.122. The Morgan fingerprint density at radius 3 is 2.50 bits per heavy atom. The average molecular weight is 332 g/mol. The number of carbonyl (C=O) groups is 1. The minimum atomic E-state index is 0.248. The van der Waals surface area contributed by atoms with E-state index in [4.69, 9.17) is 0 Å². The summed E-state index contributed by atoms with van der Waals surface area (Å²) in [5.41, 5.74) is 1.32. The Morgan fingerprint density at radius 2 is 1.79 bits per heavy atom. The molecule has 0 aliphatic carbocycles. The molecule has 1 amide bonds. The summed E-state index contributed by atoms with van der Waals surface area (Å²) in [6.07, 6.45) is 13.9. The van der Waals surface area contributed by atoms with Gasteiger partial charge in [0.05, 0.1) is 0 Å². The number of aromatic nitrogens is 1. The zero-order valence-electron chi connectivity index (χ0n) is 15.2. The van der Waals surface area contributed by atoms with Crippen LogP contribution in [0.5, 0.6) is 0 Å². The Balaban J connectivity index is 1.55. The number of rotatable bonds is 10. The van der Waals surface area contributed by atoms with Crippen LogP contribution < -0.4 is 5.32 Å². The van der Waals surface area contributed by atoms with Crippen molar-refractivity contribution in [1.82, 2.24) is 15.2 Å². The molecule has 1 aromatic rings. The highest BCUT2D eigenvalue weighted by Gasteiger charge is 2.20. The van der Waals surface area contributed by atoms with E-state index in [1.54, 1.807) is 0 Å². The van der Waals surface area contributed by atoms with Crippen molar-refractivity contribution >= 4 is 5.91 Å². The molecular weight excluding hydrogens is 298 g/mol. The van der Waals surface area contributed by atoms with E-state index in [1.165, 1.54) is 37.7 Å². The monoisotopic (exact) mass is 331 g/mol. The highest BCUT2D eigenvalue weighted by molar-refractivity contribution is 5.76. The second-order valence-corrected chi connectivity index (χ2v) is 6.99. The largest absolute Gasteiger partial charge is 0.353 e. The van der Waals surface area contributed by atoms with E-state index in [1.807, 2.05) is 12.4 Å². The molecule has 0 radical (unpaired) electrons. The molecule has 134 valence electrons. The average Bonchev–Trinajstić information content (AvgIpc) is 2.61. The van der Waals surface area contributed by atoms with Gasteiger partial charge in [-0.2, -0.15) is 0 Å². The maximum absolute atomic E-state index is 12.0. The number of nitrogens with zero attached hydrogens (tertiary/aromatic N) is 2. The summed E-state index contributed by atoms with van der Waals surface area (Å²) < 4.78 is 0. The van der Waals surface area contributed by atoms with E-state index in [0.717, 1.165) is 38.9 Å². The third kappa shape index (κ3) is 7.43. The molecule has 2 rings (SSSR count). The molecule has 2 heterocycles. The summed E-state index contributed by atoms with van der Waals surface area (Å²) >= 11 is 0. The molecule has 4 heteroatoms. The fraction of sp³-hybridized carbons (Fsp3) is 0.700. The molecule has 0 saturated carbocycles. The molecule has 1 N–H and O–H groups in total. The normalized spacial score (nSPS) is 16.2. The molecule has 1 aliphatic rings. The van der Waals surface area contributed by atoms with Crippen molar-refractivity contribution in [2.45, 2.75) is 77.3 Å². The number of pyridine rings is 1. The predicted molar refractivity (Wildman–Crippen MR) is 98.7 cm³/mol. The first kappa shape index (κ1) is 18.9. The summed E-state index contributed by atoms with van der Waals surface area (Å²) in [6.45, 7) is 5.34. The van der Waals surface area contributed by atoms with Gasteiger partial charge >= 0.3 is 0 Å². The van der Waals surface area contributed by atoms with Crippen LogP contribution in [-0.2, 0) is 11.3 Å². The lowest BCUT2D eigenvalue weighted by Gasteiger charge is -2.32. The Labute approximate surface area is 147 Å². The van der Waals surface area contributed by atoms with Gasteiger partial charge in [0.15, 0.2) is 0 Å². The number of piperidine rings is 1. The van der Waals surface area contributed by atoms with Crippen LogP contribution in [0.4, 0.5) is 0 Å². The van der Waals surface area contributed by atoms with Gasteiger partial charge in [-0.3, -0.25) is 14.7 Å². The molecule has 0 spiro atoms. The maximum atomic E-state index is 12.0. The minimum Gasteiger partial charge on any atom is -0.353 e. The van der Waals surface area contributed by atoms with E-state index in [-0.39, 0.29) is 5.91 Å². The summed E-state index contributed by atoms with van der Waals surface area (Å²) in [6, 6.07) is 4.52. The van der Waals surface area contributed by atoms with Crippen LogP contribution in [0, 0.1) is 0 Å². The Hall–Kier alpha value is -1.42. The van der Waals surface area contributed by atoms with Crippen molar-refractivity contribution in [2.24, 2.45) is 0 Å². The van der Waals surface area contributed by atoms with E-state index >= 15 is 0 Å². The number of nitrogens with one attached hydrogen (secondary N) is 1. The van der Waals surface area contributed by atoms with Gasteiger partial charge in [-0.25, -0.2) is 0 Å². The summed E-state index contributed by atoms with van der Waals surface area (Å²) in [4.78, 5) is 18.6. The smallest absolute Gasteiger partial charge is 0.220 e. The van der Waals surface area contributed by atoms with Crippen LogP contribution in [0.2, 0.25) is 0 Å². The first-order valence-electron chi connectivity index (χ1n) is 9.68. The molecule has 1 aromatic heterocycles. The van der Waals surface area contributed by atoms with Crippen LogP contribution >= 0.6 is 0 Å². The fourth-order valence-electron chi connectivity index (χ4n) is 3.35. The van der Waals surface area contributed by atoms with Crippen molar-refractivity contribution in [1.29, 1.82) is 0 Å². The van der Waals surface area contributed by atoms with Gasteiger partial charge in [0.1, 0.15) is 0 Å². The van der Waals surface area contributed by atoms with Gasteiger partial charge in [0.25, 0.3) is 0 Å². The Kier molecular flexibility index (Phi) is 8.82. The number of hydrogen-bond donors (Lipinski definition) is 1. The standard InChI is InChI=1S/C20H33N3O/c1-2-3-4-5-6-7-8-20(24)22-19-11-15-23(16-12-19)17-18-9-13-21-14-10-18/h9-10,13-14,19H,2-8,11-12,15-17H2,1H3,(H,22,24). The van der Waals surface area contributed by atoms with Crippen LogP contribution in [-0.4, -0.2) is 34.9 Å². The maximum Gasteiger partial charge on any atom is 0.220 e. The fourth-order valence-corrected chi connectivity index (χ4v) is 3.35. The van der Waals surface area contributed by atoms with Crippen molar-refractivity contribution < 1.29 is 4.79 Å². The SMILES string of the molecule is CCCCCCCCC(=O)NC1CCN(Cc2ccncc2)CC1. The quantitative estimate of drug-likeness (QED) is 0.661. The van der Waals surface area contributed by atoms with E-state index < -0.39 is 0 Å². The van der Waals surface area contributed by atoms with Gasteiger partial charge in [-0.15, -0.1) is 0 Å². The number of carbonyl (C=O) groups excluding carboxylic acids is 1. The van der Waals surface area contributed by atoms with Gasteiger partial charge < -0.3 is 5.32 Å². The molecule has 0 unspecified atom stereocenters. The number of hydrogen-bond acceptors (Lipinski definition) is 3. The van der Waals surface area contributed by atoms with Crippen LogP contribution in [0.1, 0.15) is 70.3 Å². The Morgan fingerprint density at radius 1 is 1.12 bits per heavy atom. The predicted octanol–water partition coefficient (Wildman–Crippen LogP) is 3.91. The van der Waals surface area contributed by atoms with E-state index in [2.05, 4.69) is 34.3 Å². The number of likely N-dealkylation sites (tertiary alicyclic amines) is 1. The molecule has 0 bridgehead atoms. The molecule has 0 atom stereocenters. The van der Waals surface area contributed by atoms with Crippen molar-refractivity contribution in [3.8, 4) is 0 Å². The summed E-state index contributed by atoms with van der Waals surface area (Å²) in [5, 5.41) is 3.23. The van der Waals surface area contributed by atoms with Gasteiger partial charge in [0, 0.05) is 44.5 Å². The van der Waals surface area contributed by atoms with E-state index in [9.17, 15) is 4.79 Å². The Bertz CT molecular complexity index is 455. The first-order chi connectivity index (χ1) is 11.8. The third-order valence-electron chi connectivity index (χ3n) is 4.87. The van der Waals surface area contributed by atoms with Crippen molar-refractivity contribution in [3.63, 3.8) is 0 Å². The van der Waals surface area contributed by atoms with Crippen molar-refractivity contribution in [2.75, 3.05) is 13.1 Å². The molecule has 4 nitrogen and oxygen atoms in total. The second-order valence-electron chi connectivity index (χ2n) is 6.99. The molecule has 1 saturated heterocycles. The zero-order valence-corrected chi connectivity index (χ0v) is 15.2. The van der Waals surface area contributed by atoms with E-state index in [0.29, 0.717) is 12.5 Å². The molecular formula is C20H33N3O. The van der Waals surface area contributed by atoms with Crippen LogP contribution in [0.25, 0.3) is 0 Å². The summed E-state index contributed by atoms with van der Waals surface area (Å²) in [5.74, 6) is 0.248. The molecule has 0 aromatic carbocycles. The minimum absolute atomic E-state index is 0.248. The van der Waals surface area contributed by atoms with Crippen LogP contribution in [0.3, 0.4) is 0 Å². The third-order valence-corrected chi connectivity index (χ3v) is 4.87. The van der Waals surface area contributed by atoms with Gasteiger partial charge in [-0.1, -0.05) is 39.0 Å². The lowest BCUT2D eigenvalue weighted by Crippen LogP contribution is -2.44. The second kappa shape index (κ2) is 11.2. The lowest BCUT2D eigenvalue weighted by atomic mass is 10.0. The highest BCUT2D eigenvalue weighted by Crippen LogP contribution is 2.14. The van der Waals surface area contributed by atoms with Crippen LogP contribution in [0.15, 0.2) is 24.5 Å². The van der Waals surface area contributed by atoms with Gasteiger partial charge in [0.2, 0.25) is 5.91 Å². The highest BCUT2D eigenvalue weighted by atomic mass is 16.1. The number of unbranched alkanes of at least 4 members (excludes halogenated alkanes) is 5. The van der Waals surface area contributed by atoms with Crippen molar-refractivity contribution in [3.05, 3.63) is 30.1 Å². The molecule has 1 fully saturated rings. The summed E-state index contributed by atoms with van der Waals surface area (Å²) in [7, 11) is 0. The zero-order chi connectivity index (χ0) is 17.0.